The molecule has 1 aromatic carbocycles. The first-order chi connectivity index (χ1) is 8.54. The van der Waals surface area contributed by atoms with Gasteiger partial charge in [-0.15, -0.1) is 0 Å². The van der Waals surface area contributed by atoms with Gasteiger partial charge in [-0.2, -0.15) is 5.26 Å². The molecule has 0 aromatic heterocycles. The number of rotatable bonds is 4. The van der Waals surface area contributed by atoms with Gasteiger partial charge in [0.15, 0.2) is 0 Å². The van der Waals surface area contributed by atoms with Gasteiger partial charge in [0.25, 0.3) is 0 Å². The molecule has 2 N–H and O–H groups in total. The van der Waals surface area contributed by atoms with Gasteiger partial charge in [0.1, 0.15) is 5.82 Å². The van der Waals surface area contributed by atoms with E-state index in [-0.39, 0.29) is 11.9 Å². The minimum atomic E-state index is -0.614. The second-order valence-electron chi connectivity index (χ2n) is 5.03. The third kappa shape index (κ3) is 2.69. The summed E-state index contributed by atoms with van der Waals surface area (Å²) >= 11 is 0. The molecule has 2 rings (SSSR count). The zero-order chi connectivity index (χ0) is 13.2. The van der Waals surface area contributed by atoms with Crippen LogP contribution >= 0.6 is 0 Å². The molecular formula is C14H17FN2O. The topological polar surface area (TPSA) is 56.0 Å². The maximum Gasteiger partial charge on any atom is 0.129 e. The molecule has 1 aliphatic carbocycles. The lowest BCUT2D eigenvalue weighted by atomic mass is 9.80. The fourth-order valence-corrected chi connectivity index (χ4v) is 2.16. The summed E-state index contributed by atoms with van der Waals surface area (Å²) in [6, 6.07) is 6.20. The van der Waals surface area contributed by atoms with Crippen LogP contribution in [0.3, 0.4) is 0 Å². The summed E-state index contributed by atoms with van der Waals surface area (Å²) in [4.78, 5) is 0. The van der Waals surface area contributed by atoms with E-state index in [9.17, 15) is 9.50 Å². The van der Waals surface area contributed by atoms with Crippen molar-refractivity contribution in [1.29, 1.82) is 5.26 Å². The molecule has 1 fully saturated rings. The fraction of sp³-hybridized carbons (Fsp3) is 0.500. The summed E-state index contributed by atoms with van der Waals surface area (Å²) in [6.07, 6.45) is 2.67. The van der Waals surface area contributed by atoms with Crippen LogP contribution in [0.2, 0.25) is 0 Å². The first-order valence-corrected chi connectivity index (χ1v) is 6.19. The van der Waals surface area contributed by atoms with E-state index in [2.05, 4.69) is 5.32 Å². The van der Waals surface area contributed by atoms with E-state index in [1.807, 2.05) is 13.0 Å². The smallest absolute Gasteiger partial charge is 0.129 e. The highest BCUT2D eigenvalue weighted by Gasteiger charge is 2.34. The summed E-state index contributed by atoms with van der Waals surface area (Å²) in [6.45, 7) is 2.33. The van der Waals surface area contributed by atoms with Crippen LogP contribution in [0.15, 0.2) is 18.2 Å². The first kappa shape index (κ1) is 13.0. The Morgan fingerprint density at radius 1 is 1.56 bits per heavy atom. The number of benzene rings is 1. The van der Waals surface area contributed by atoms with Crippen molar-refractivity contribution < 1.29 is 9.50 Å². The van der Waals surface area contributed by atoms with E-state index in [4.69, 9.17) is 5.26 Å². The summed E-state index contributed by atoms with van der Waals surface area (Å²) in [5, 5.41) is 21.8. The van der Waals surface area contributed by atoms with Gasteiger partial charge in [0.05, 0.1) is 17.2 Å². The number of nitrogens with zero attached hydrogens (tertiary/aromatic N) is 1. The maximum atomic E-state index is 13.7. The van der Waals surface area contributed by atoms with Crippen LogP contribution < -0.4 is 5.32 Å². The first-order valence-electron chi connectivity index (χ1n) is 6.19. The van der Waals surface area contributed by atoms with Gasteiger partial charge >= 0.3 is 0 Å². The van der Waals surface area contributed by atoms with E-state index in [0.717, 1.165) is 19.3 Å². The molecule has 0 heterocycles. The van der Waals surface area contributed by atoms with Crippen molar-refractivity contribution in [3.8, 4) is 6.07 Å². The van der Waals surface area contributed by atoms with Crippen LogP contribution in [0, 0.1) is 17.1 Å². The van der Waals surface area contributed by atoms with Crippen LogP contribution in [0.1, 0.15) is 43.4 Å². The molecule has 4 heteroatoms. The molecule has 0 radical (unpaired) electrons. The zero-order valence-corrected chi connectivity index (χ0v) is 10.4. The Bertz CT molecular complexity index is 477. The van der Waals surface area contributed by atoms with Crippen molar-refractivity contribution in [2.45, 2.75) is 37.8 Å². The lowest BCUT2D eigenvalue weighted by Crippen LogP contribution is -2.46. The highest BCUT2D eigenvalue weighted by Crippen LogP contribution is 2.31. The predicted molar refractivity (Wildman–Crippen MR) is 66.3 cm³/mol. The van der Waals surface area contributed by atoms with Crippen LogP contribution in [-0.4, -0.2) is 17.3 Å². The van der Waals surface area contributed by atoms with E-state index in [1.165, 1.54) is 6.07 Å². The molecule has 1 saturated carbocycles. The summed E-state index contributed by atoms with van der Waals surface area (Å²) < 4.78 is 13.7. The maximum absolute atomic E-state index is 13.7. The Kier molecular flexibility index (Phi) is 3.65. The van der Waals surface area contributed by atoms with Gasteiger partial charge in [0.2, 0.25) is 0 Å². The van der Waals surface area contributed by atoms with Crippen molar-refractivity contribution in [1.82, 2.24) is 5.32 Å². The van der Waals surface area contributed by atoms with Crippen LogP contribution in [-0.2, 0) is 0 Å². The third-order valence-electron chi connectivity index (χ3n) is 3.62. The lowest BCUT2D eigenvalue weighted by molar-refractivity contribution is -0.0329. The summed E-state index contributed by atoms with van der Waals surface area (Å²) in [5.74, 6) is -0.380. The molecule has 1 atom stereocenters. The SMILES string of the molecule is CC(NCC1(O)CCC1)c1ccc(C#N)cc1F. The molecule has 1 unspecified atom stereocenters. The van der Waals surface area contributed by atoms with Gasteiger partial charge in [-0.1, -0.05) is 6.07 Å². The molecule has 0 bridgehead atoms. The molecule has 0 spiro atoms. The number of aliphatic hydroxyl groups is 1. The van der Waals surface area contributed by atoms with E-state index in [1.54, 1.807) is 12.1 Å². The second-order valence-corrected chi connectivity index (χ2v) is 5.03. The van der Waals surface area contributed by atoms with Crippen LogP contribution in [0.4, 0.5) is 4.39 Å². The largest absolute Gasteiger partial charge is 0.389 e. The normalized spacial score (nSPS) is 18.8. The number of nitriles is 1. The standard InChI is InChI=1S/C14H17FN2O/c1-10(17-9-14(18)5-2-6-14)12-4-3-11(8-16)7-13(12)15/h3-4,7,10,17-18H,2,5-6,9H2,1H3. The van der Waals surface area contributed by atoms with Gasteiger partial charge in [-0.05, 0) is 38.3 Å². The quantitative estimate of drug-likeness (QED) is 0.859. The zero-order valence-electron chi connectivity index (χ0n) is 10.4. The molecule has 1 aliphatic rings. The second kappa shape index (κ2) is 5.05. The fourth-order valence-electron chi connectivity index (χ4n) is 2.16. The van der Waals surface area contributed by atoms with E-state index in [0.29, 0.717) is 17.7 Å². The Labute approximate surface area is 106 Å². The lowest BCUT2D eigenvalue weighted by Gasteiger charge is -2.37. The number of nitrogens with one attached hydrogen (secondary N) is 1. The van der Waals surface area contributed by atoms with E-state index >= 15 is 0 Å². The van der Waals surface area contributed by atoms with Crippen molar-refractivity contribution in [3.05, 3.63) is 35.1 Å². The molecule has 18 heavy (non-hydrogen) atoms. The van der Waals surface area contributed by atoms with Gasteiger partial charge in [0, 0.05) is 18.2 Å². The average molecular weight is 248 g/mol. The predicted octanol–water partition coefficient (Wildman–Crippen LogP) is 2.26. The van der Waals surface area contributed by atoms with Gasteiger partial charge in [-0.3, -0.25) is 0 Å². The van der Waals surface area contributed by atoms with E-state index < -0.39 is 5.60 Å². The average Bonchev–Trinajstić information content (AvgIpc) is 2.33. The summed E-state index contributed by atoms with van der Waals surface area (Å²) in [7, 11) is 0. The Hall–Kier alpha value is -1.44. The van der Waals surface area contributed by atoms with Crippen molar-refractivity contribution in [3.63, 3.8) is 0 Å². The Morgan fingerprint density at radius 3 is 2.78 bits per heavy atom. The number of hydrogen-bond acceptors (Lipinski definition) is 3. The highest BCUT2D eigenvalue weighted by atomic mass is 19.1. The van der Waals surface area contributed by atoms with Crippen molar-refractivity contribution in [2.24, 2.45) is 0 Å². The highest BCUT2D eigenvalue weighted by molar-refractivity contribution is 5.34. The van der Waals surface area contributed by atoms with Gasteiger partial charge in [-0.25, -0.2) is 4.39 Å². The van der Waals surface area contributed by atoms with Crippen molar-refractivity contribution >= 4 is 0 Å². The Balaban J connectivity index is 2.00. The molecule has 0 aliphatic heterocycles. The van der Waals surface area contributed by atoms with Crippen molar-refractivity contribution in [2.75, 3.05) is 6.54 Å². The molecule has 96 valence electrons. The Morgan fingerprint density at radius 2 is 2.28 bits per heavy atom. The van der Waals surface area contributed by atoms with Gasteiger partial charge < -0.3 is 10.4 Å². The van der Waals surface area contributed by atoms with Crippen LogP contribution in [0.25, 0.3) is 0 Å². The van der Waals surface area contributed by atoms with Crippen LogP contribution in [0.5, 0.6) is 0 Å². The summed E-state index contributed by atoms with van der Waals surface area (Å²) in [5.41, 5.74) is 0.232. The minimum Gasteiger partial charge on any atom is -0.389 e. The number of hydrogen-bond donors (Lipinski definition) is 2. The minimum absolute atomic E-state index is 0.178. The molecule has 0 amide bonds. The molecular weight excluding hydrogens is 231 g/mol. The molecule has 3 nitrogen and oxygen atoms in total. The monoisotopic (exact) mass is 248 g/mol. The third-order valence-corrected chi connectivity index (χ3v) is 3.62. The number of halogens is 1. The molecule has 1 aromatic rings. The molecule has 0 saturated heterocycles.